The van der Waals surface area contributed by atoms with E-state index in [4.69, 9.17) is 10.5 Å². The molecule has 0 saturated heterocycles. The molecule has 0 radical (unpaired) electrons. The van der Waals surface area contributed by atoms with Crippen LogP contribution in [0, 0.1) is 0 Å². The number of methoxy groups -OCH3 is 1. The minimum absolute atomic E-state index is 0.0278. The Hall–Kier alpha value is -1.26. The first-order chi connectivity index (χ1) is 7.24. The lowest BCUT2D eigenvalue weighted by Gasteiger charge is -2.09. The van der Waals surface area contributed by atoms with Gasteiger partial charge in [0.1, 0.15) is 0 Å². The normalized spacial score (nSPS) is 12.4. The fourth-order valence-electron chi connectivity index (χ4n) is 1.24. The third-order valence-electron chi connectivity index (χ3n) is 2.15. The van der Waals surface area contributed by atoms with E-state index in [9.17, 15) is 4.79 Å². The predicted molar refractivity (Wildman–Crippen MR) is 57.4 cm³/mol. The number of nitrogens with zero attached hydrogens (tertiary/aromatic N) is 1. The van der Waals surface area contributed by atoms with Crippen LogP contribution in [0.1, 0.15) is 12.0 Å². The number of pyridine rings is 1. The van der Waals surface area contributed by atoms with Gasteiger partial charge in [-0.05, 0) is 18.1 Å². The highest BCUT2D eigenvalue weighted by atomic mass is 16.5. The molecule has 0 fully saturated rings. The van der Waals surface area contributed by atoms with Crippen LogP contribution in [0.25, 0.3) is 0 Å². The van der Waals surface area contributed by atoms with Gasteiger partial charge < -0.3 is 10.5 Å². The van der Waals surface area contributed by atoms with Gasteiger partial charge in [-0.3, -0.25) is 9.78 Å². The second-order valence-corrected chi connectivity index (χ2v) is 3.39. The van der Waals surface area contributed by atoms with Crippen LogP contribution in [0.3, 0.4) is 0 Å². The van der Waals surface area contributed by atoms with E-state index < -0.39 is 6.04 Å². The molecule has 0 aromatic carbocycles. The van der Waals surface area contributed by atoms with Crippen molar-refractivity contribution in [3.05, 3.63) is 30.1 Å². The third kappa shape index (κ3) is 4.18. The van der Waals surface area contributed by atoms with Crippen LogP contribution < -0.4 is 5.73 Å². The maximum atomic E-state index is 11.6. The van der Waals surface area contributed by atoms with Gasteiger partial charge in [0.05, 0.1) is 6.04 Å². The molecule has 82 valence electrons. The van der Waals surface area contributed by atoms with Crippen molar-refractivity contribution < 1.29 is 9.53 Å². The second kappa shape index (κ2) is 6.27. The summed E-state index contributed by atoms with van der Waals surface area (Å²) >= 11 is 0. The van der Waals surface area contributed by atoms with Gasteiger partial charge in [0, 0.05) is 32.5 Å². The Balaban J connectivity index is 2.42. The number of ketones is 1. The quantitative estimate of drug-likeness (QED) is 0.741. The smallest absolute Gasteiger partial charge is 0.154 e. The first-order valence-electron chi connectivity index (χ1n) is 4.90. The molecule has 2 N–H and O–H groups in total. The lowest BCUT2D eigenvalue weighted by atomic mass is 10.0. The predicted octanol–water partition coefficient (Wildman–Crippen LogP) is 0.557. The average molecular weight is 208 g/mol. The third-order valence-corrected chi connectivity index (χ3v) is 2.15. The van der Waals surface area contributed by atoms with Gasteiger partial charge >= 0.3 is 0 Å². The standard InChI is InChI=1S/C11H16N2O2/c1-15-6-4-10(12)11(14)7-9-3-2-5-13-8-9/h2-3,5,8,10H,4,6-7,12H2,1H3. The van der Waals surface area contributed by atoms with Gasteiger partial charge in [0.2, 0.25) is 0 Å². The van der Waals surface area contributed by atoms with E-state index in [2.05, 4.69) is 4.98 Å². The van der Waals surface area contributed by atoms with Crippen LogP contribution in [0.2, 0.25) is 0 Å². The number of ether oxygens (including phenoxy) is 1. The lowest BCUT2D eigenvalue weighted by Crippen LogP contribution is -2.32. The van der Waals surface area contributed by atoms with Crippen LogP contribution in [0.5, 0.6) is 0 Å². The van der Waals surface area contributed by atoms with Gasteiger partial charge in [-0.25, -0.2) is 0 Å². The SMILES string of the molecule is COCCC(N)C(=O)Cc1cccnc1. The van der Waals surface area contributed by atoms with Crippen LogP contribution in [0.15, 0.2) is 24.5 Å². The van der Waals surface area contributed by atoms with E-state index in [1.807, 2.05) is 12.1 Å². The fraction of sp³-hybridized carbons (Fsp3) is 0.455. The number of aromatic nitrogens is 1. The number of nitrogens with two attached hydrogens (primary N) is 1. The molecule has 0 aliphatic rings. The topological polar surface area (TPSA) is 65.2 Å². The van der Waals surface area contributed by atoms with Crippen LogP contribution in [-0.4, -0.2) is 30.5 Å². The maximum Gasteiger partial charge on any atom is 0.154 e. The Morgan fingerprint density at radius 1 is 1.67 bits per heavy atom. The summed E-state index contributed by atoms with van der Waals surface area (Å²) in [5, 5.41) is 0. The molecule has 1 rings (SSSR count). The monoisotopic (exact) mass is 208 g/mol. The number of hydrogen-bond donors (Lipinski definition) is 1. The molecule has 0 amide bonds. The van der Waals surface area contributed by atoms with Gasteiger partial charge in [-0.1, -0.05) is 6.07 Å². The van der Waals surface area contributed by atoms with Crippen molar-refractivity contribution in [1.29, 1.82) is 0 Å². The number of Topliss-reactive ketones (excluding diaryl/α,β-unsaturated/α-hetero) is 1. The Kier molecular flexibility index (Phi) is 4.93. The Bertz CT molecular complexity index is 301. The molecule has 1 atom stereocenters. The molecule has 1 unspecified atom stereocenters. The summed E-state index contributed by atoms with van der Waals surface area (Å²) in [6.07, 6.45) is 4.27. The number of carbonyl (C=O) groups excluding carboxylic acids is 1. The van der Waals surface area contributed by atoms with E-state index in [1.54, 1.807) is 19.5 Å². The summed E-state index contributed by atoms with van der Waals surface area (Å²) in [6.45, 7) is 0.514. The number of carbonyl (C=O) groups is 1. The van der Waals surface area contributed by atoms with E-state index in [0.717, 1.165) is 5.56 Å². The summed E-state index contributed by atoms with van der Waals surface area (Å²) in [6, 6.07) is 3.24. The summed E-state index contributed by atoms with van der Waals surface area (Å²) in [5.74, 6) is 0.0278. The van der Waals surface area contributed by atoms with Crippen molar-refractivity contribution in [1.82, 2.24) is 4.98 Å². The molecule has 1 aromatic heterocycles. The average Bonchev–Trinajstić information content (AvgIpc) is 2.27. The van der Waals surface area contributed by atoms with E-state index in [0.29, 0.717) is 19.4 Å². The summed E-state index contributed by atoms with van der Waals surface area (Å²) in [5.41, 5.74) is 6.60. The van der Waals surface area contributed by atoms with Crippen molar-refractivity contribution in [3.8, 4) is 0 Å². The molecular weight excluding hydrogens is 192 g/mol. The van der Waals surface area contributed by atoms with Crippen LogP contribution in [0.4, 0.5) is 0 Å². The largest absolute Gasteiger partial charge is 0.385 e. The maximum absolute atomic E-state index is 11.6. The zero-order valence-electron chi connectivity index (χ0n) is 8.85. The van der Waals surface area contributed by atoms with Crippen molar-refractivity contribution >= 4 is 5.78 Å². The molecule has 0 aliphatic carbocycles. The molecule has 0 aliphatic heterocycles. The molecule has 15 heavy (non-hydrogen) atoms. The van der Waals surface area contributed by atoms with Crippen LogP contribution in [-0.2, 0) is 16.0 Å². The fourth-order valence-corrected chi connectivity index (χ4v) is 1.24. The highest BCUT2D eigenvalue weighted by Crippen LogP contribution is 2.01. The summed E-state index contributed by atoms with van der Waals surface area (Å²) in [4.78, 5) is 15.6. The molecule has 1 aromatic rings. The molecule has 0 saturated carbocycles. The number of rotatable bonds is 6. The summed E-state index contributed by atoms with van der Waals surface area (Å²) in [7, 11) is 1.60. The molecular formula is C11H16N2O2. The van der Waals surface area contributed by atoms with Crippen LogP contribution >= 0.6 is 0 Å². The van der Waals surface area contributed by atoms with E-state index in [-0.39, 0.29) is 5.78 Å². The molecule has 4 nitrogen and oxygen atoms in total. The molecule has 4 heteroatoms. The Labute approximate surface area is 89.5 Å². The first kappa shape index (κ1) is 11.8. The van der Waals surface area contributed by atoms with Gasteiger partial charge in [-0.2, -0.15) is 0 Å². The van der Waals surface area contributed by atoms with Crippen molar-refractivity contribution in [2.75, 3.05) is 13.7 Å². The summed E-state index contributed by atoms with van der Waals surface area (Å²) < 4.78 is 4.87. The van der Waals surface area contributed by atoms with E-state index in [1.165, 1.54) is 0 Å². The zero-order chi connectivity index (χ0) is 11.1. The Morgan fingerprint density at radius 3 is 3.07 bits per heavy atom. The minimum Gasteiger partial charge on any atom is -0.385 e. The zero-order valence-corrected chi connectivity index (χ0v) is 8.85. The van der Waals surface area contributed by atoms with Crippen molar-refractivity contribution in [3.63, 3.8) is 0 Å². The minimum atomic E-state index is -0.440. The van der Waals surface area contributed by atoms with Gasteiger partial charge in [0.25, 0.3) is 0 Å². The Morgan fingerprint density at radius 2 is 2.47 bits per heavy atom. The highest BCUT2D eigenvalue weighted by Gasteiger charge is 2.13. The lowest BCUT2D eigenvalue weighted by molar-refractivity contribution is -0.120. The molecule has 1 heterocycles. The molecule has 0 spiro atoms. The second-order valence-electron chi connectivity index (χ2n) is 3.39. The highest BCUT2D eigenvalue weighted by molar-refractivity contribution is 5.85. The first-order valence-corrected chi connectivity index (χ1v) is 4.90. The van der Waals surface area contributed by atoms with Gasteiger partial charge in [0.15, 0.2) is 5.78 Å². The van der Waals surface area contributed by atoms with Crippen molar-refractivity contribution in [2.24, 2.45) is 5.73 Å². The van der Waals surface area contributed by atoms with E-state index >= 15 is 0 Å². The molecule has 0 bridgehead atoms. The van der Waals surface area contributed by atoms with Crippen molar-refractivity contribution in [2.45, 2.75) is 18.9 Å². The van der Waals surface area contributed by atoms with Gasteiger partial charge in [-0.15, -0.1) is 0 Å². The number of hydrogen-bond acceptors (Lipinski definition) is 4.